The zero-order valence-corrected chi connectivity index (χ0v) is 18.3. The number of carbonyl (C=O) groups is 1. The van der Waals surface area contributed by atoms with E-state index in [0.717, 1.165) is 18.4 Å². The largest absolute Gasteiger partial charge is 0.445 e. The molecule has 6 heteroatoms. The lowest BCUT2D eigenvalue weighted by Gasteiger charge is -2.19. The molecule has 162 valence electrons. The first-order valence-electron chi connectivity index (χ1n) is 10.4. The molecule has 1 atom stereocenters. The zero-order chi connectivity index (χ0) is 21.7. The Hall–Kier alpha value is -2.60. The number of allylic oxidation sites excluding steroid dienone is 2. The summed E-state index contributed by atoms with van der Waals surface area (Å²) in [5.41, 5.74) is 0.838. The summed E-state index contributed by atoms with van der Waals surface area (Å²) < 4.78 is 31.3. The van der Waals surface area contributed by atoms with Crippen LogP contribution in [0.4, 0.5) is 4.79 Å². The van der Waals surface area contributed by atoms with Crippen molar-refractivity contribution in [3.63, 3.8) is 0 Å². The van der Waals surface area contributed by atoms with Gasteiger partial charge in [0, 0.05) is 0 Å². The molecule has 0 aliphatic rings. The quantitative estimate of drug-likeness (QED) is 0.351. The fraction of sp³-hybridized carbons (Fsp3) is 0.375. The van der Waals surface area contributed by atoms with E-state index >= 15 is 0 Å². The Balaban J connectivity index is 2.00. The molecule has 30 heavy (non-hydrogen) atoms. The summed E-state index contributed by atoms with van der Waals surface area (Å²) in [4.78, 5) is 12.5. The smallest absolute Gasteiger partial charge is 0.408 e. The molecule has 0 fully saturated rings. The number of hydrogen-bond donors (Lipinski definition) is 1. The van der Waals surface area contributed by atoms with Gasteiger partial charge >= 0.3 is 6.09 Å². The van der Waals surface area contributed by atoms with Crippen LogP contribution in [0.3, 0.4) is 0 Å². The molecule has 0 aromatic heterocycles. The van der Waals surface area contributed by atoms with Crippen LogP contribution in [0.5, 0.6) is 0 Å². The van der Waals surface area contributed by atoms with Crippen molar-refractivity contribution in [2.45, 2.75) is 62.3 Å². The first kappa shape index (κ1) is 23.7. The van der Waals surface area contributed by atoms with Gasteiger partial charge in [0.25, 0.3) is 0 Å². The second-order valence-electron chi connectivity index (χ2n) is 7.10. The zero-order valence-electron chi connectivity index (χ0n) is 17.5. The van der Waals surface area contributed by atoms with E-state index in [-0.39, 0.29) is 17.9 Å². The average Bonchev–Trinajstić information content (AvgIpc) is 2.77. The van der Waals surface area contributed by atoms with Crippen LogP contribution in [-0.4, -0.2) is 19.9 Å². The topological polar surface area (TPSA) is 72.5 Å². The van der Waals surface area contributed by atoms with E-state index in [1.807, 2.05) is 36.4 Å². The minimum Gasteiger partial charge on any atom is -0.445 e. The lowest BCUT2D eigenvalue weighted by molar-refractivity contribution is 0.138. The predicted molar refractivity (Wildman–Crippen MR) is 120 cm³/mol. The van der Waals surface area contributed by atoms with E-state index in [1.165, 1.54) is 12.8 Å². The Labute approximate surface area is 180 Å². The van der Waals surface area contributed by atoms with Gasteiger partial charge in [-0.25, -0.2) is 13.2 Å². The molecule has 0 spiro atoms. The first-order chi connectivity index (χ1) is 14.5. The van der Waals surface area contributed by atoms with Crippen molar-refractivity contribution >= 4 is 15.9 Å². The number of hydrogen-bond acceptors (Lipinski definition) is 4. The van der Waals surface area contributed by atoms with Crippen molar-refractivity contribution < 1.29 is 17.9 Å². The van der Waals surface area contributed by atoms with Crippen molar-refractivity contribution in [3.05, 3.63) is 78.4 Å². The number of rotatable bonds is 12. The molecule has 0 bridgehead atoms. The number of unbranched alkanes of at least 4 members (excludes halogenated alkanes) is 3. The van der Waals surface area contributed by atoms with Gasteiger partial charge < -0.3 is 10.1 Å². The Morgan fingerprint density at radius 3 is 2.27 bits per heavy atom. The van der Waals surface area contributed by atoms with Gasteiger partial charge in [-0.3, -0.25) is 0 Å². The number of ether oxygens (including phenoxy) is 1. The van der Waals surface area contributed by atoms with E-state index in [4.69, 9.17) is 4.74 Å². The third-order valence-electron chi connectivity index (χ3n) is 4.67. The molecule has 5 nitrogen and oxygen atoms in total. The highest BCUT2D eigenvalue weighted by Crippen LogP contribution is 2.18. The van der Waals surface area contributed by atoms with Gasteiger partial charge in [0.2, 0.25) is 0 Å². The van der Waals surface area contributed by atoms with E-state index in [2.05, 4.69) is 18.3 Å². The molecule has 2 rings (SSSR count). The summed E-state index contributed by atoms with van der Waals surface area (Å²) >= 11 is 0. The molecule has 2 aromatic rings. The van der Waals surface area contributed by atoms with Crippen molar-refractivity contribution in [3.8, 4) is 0 Å². The van der Waals surface area contributed by atoms with Crippen molar-refractivity contribution in [2.24, 2.45) is 0 Å². The van der Waals surface area contributed by atoms with Gasteiger partial charge in [0.15, 0.2) is 9.84 Å². The first-order valence-corrected chi connectivity index (χ1v) is 12.0. The van der Waals surface area contributed by atoms with Crippen LogP contribution in [-0.2, 0) is 21.2 Å². The minimum absolute atomic E-state index is 0.0854. The fourth-order valence-corrected chi connectivity index (χ4v) is 4.53. The SMILES string of the molecule is CCCCC/C=C/CCC(NC(=O)OCc1ccccc1)S(=O)(=O)c1ccccc1. The van der Waals surface area contributed by atoms with E-state index in [9.17, 15) is 13.2 Å². The Bertz CT molecular complexity index is 880. The highest BCUT2D eigenvalue weighted by atomic mass is 32.2. The molecule has 0 saturated carbocycles. The summed E-state index contributed by atoms with van der Waals surface area (Å²) in [5, 5.41) is 1.50. The number of alkyl carbamates (subject to hydrolysis) is 1. The normalized spacial score (nSPS) is 12.6. The molecule has 1 N–H and O–H groups in total. The van der Waals surface area contributed by atoms with Crippen LogP contribution in [0.2, 0.25) is 0 Å². The molecule has 0 radical (unpaired) electrons. The number of benzene rings is 2. The average molecular weight is 430 g/mol. The molecule has 0 aliphatic carbocycles. The fourth-order valence-electron chi connectivity index (χ4n) is 2.97. The number of sulfone groups is 1. The lowest BCUT2D eigenvalue weighted by atomic mass is 10.2. The van der Waals surface area contributed by atoms with Gasteiger partial charge in [-0.1, -0.05) is 80.4 Å². The van der Waals surface area contributed by atoms with Crippen LogP contribution in [0, 0.1) is 0 Å². The van der Waals surface area contributed by atoms with Gasteiger partial charge in [0.1, 0.15) is 12.0 Å². The third kappa shape index (κ3) is 8.03. The van der Waals surface area contributed by atoms with Crippen LogP contribution >= 0.6 is 0 Å². The van der Waals surface area contributed by atoms with E-state index in [1.54, 1.807) is 30.3 Å². The maximum absolute atomic E-state index is 13.1. The van der Waals surface area contributed by atoms with Gasteiger partial charge in [-0.2, -0.15) is 0 Å². The maximum atomic E-state index is 13.1. The molecule has 0 saturated heterocycles. The third-order valence-corrected chi connectivity index (χ3v) is 6.71. The molecular formula is C24H31NO4S. The molecule has 0 aliphatic heterocycles. The number of carbonyl (C=O) groups excluding carboxylic acids is 1. The highest BCUT2D eigenvalue weighted by Gasteiger charge is 2.28. The second kappa shape index (κ2) is 12.9. The van der Waals surface area contributed by atoms with Crippen molar-refractivity contribution in [1.82, 2.24) is 5.32 Å². The predicted octanol–water partition coefficient (Wildman–Crippen LogP) is 5.63. The maximum Gasteiger partial charge on any atom is 0.408 e. The molecule has 1 unspecified atom stereocenters. The highest BCUT2D eigenvalue weighted by molar-refractivity contribution is 7.92. The monoisotopic (exact) mass is 429 g/mol. The molecular weight excluding hydrogens is 398 g/mol. The molecule has 0 heterocycles. The number of amides is 1. The Kier molecular flexibility index (Phi) is 10.1. The summed E-state index contributed by atoms with van der Waals surface area (Å²) in [6.45, 7) is 2.24. The minimum atomic E-state index is -3.73. The van der Waals surface area contributed by atoms with Crippen molar-refractivity contribution in [1.29, 1.82) is 0 Å². The van der Waals surface area contributed by atoms with E-state index in [0.29, 0.717) is 6.42 Å². The summed E-state index contributed by atoms with van der Waals surface area (Å²) in [7, 11) is -3.73. The Morgan fingerprint density at radius 2 is 1.60 bits per heavy atom. The Morgan fingerprint density at radius 1 is 0.967 bits per heavy atom. The molecule has 2 aromatic carbocycles. The summed E-state index contributed by atoms with van der Waals surface area (Å²) in [6, 6.07) is 17.5. The van der Waals surface area contributed by atoms with Gasteiger partial charge in [-0.05, 0) is 43.4 Å². The standard InChI is InChI=1S/C24H31NO4S/c1-2-3-4-5-6-7-14-19-23(30(27,28)22-17-12-9-13-18-22)25-24(26)29-20-21-15-10-8-11-16-21/h6-13,15-18,23H,2-5,14,19-20H2,1H3,(H,25,26)/b7-6+. The molecule has 1 amide bonds. The summed E-state index contributed by atoms with van der Waals surface area (Å²) in [5.74, 6) is 0. The summed E-state index contributed by atoms with van der Waals surface area (Å²) in [6.07, 6.45) is 8.62. The van der Waals surface area contributed by atoms with E-state index < -0.39 is 21.3 Å². The van der Waals surface area contributed by atoms with Gasteiger partial charge in [-0.15, -0.1) is 0 Å². The van der Waals surface area contributed by atoms with Crippen LogP contribution in [0.15, 0.2) is 77.7 Å². The van der Waals surface area contributed by atoms with Gasteiger partial charge in [0.05, 0.1) is 4.90 Å². The second-order valence-corrected chi connectivity index (χ2v) is 9.23. The van der Waals surface area contributed by atoms with Crippen LogP contribution < -0.4 is 5.32 Å². The van der Waals surface area contributed by atoms with Crippen LogP contribution in [0.25, 0.3) is 0 Å². The van der Waals surface area contributed by atoms with Crippen molar-refractivity contribution in [2.75, 3.05) is 0 Å². The van der Waals surface area contributed by atoms with Crippen LogP contribution in [0.1, 0.15) is 51.0 Å². The lowest BCUT2D eigenvalue weighted by Crippen LogP contribution is -2.41. The number of nitrogens with one attached hydrogen (secondary N) is 1.